The number of benzene rings is 6. The van der Waals surface area contributed by atoms with Crippen molar-refractivity contribution < 1.29 is 80.0 Å². The molecule has 4 amide bonds. The van der Waals surface area contributed by atoms with Gasteiger partial charge in [0.15, 0.2) is 0 Å². The van der Waals surface area contributed by atoms with E-state index in [0.29, 0.717) is 25.7 Å². The van der Waals surface area contributed by atoms with Crippen LogP contribution in [0.2, 0.25) is 6.82 Å². The summed E-state index contributed by atoms with van der Waals surface area (Å²) in [6, 6.07) is 43.0. The number of hydrogen-bond acceptors (Lipinski definition) is 19. The van der Waals surface area contributed by atoms with Gasteiger partial charge < -0.3 is 44.9 Å². The van der Waals surface area contributed by atoms with Gasteiger partial charge in [-0.25, -0.2) is 31.5 Å². The Morgan fingerprint density at radius 1 is 0.429 bits per heavy atom. The normalized spacial score (nSPS) is 13.5. The number of amides is 4. The van der Waals surface area contributed by atoms with E-state index >= 15 is 0 Å². The molecule has 0 aliphatic carbocycles. The largest absolute Gasteiger partial charge is 0.384 e. The van der Waals surface area contributed by atoms with Crippen LogP contribution in [-0.4, -0.2) is 163 Å². The number of nitrogens with zero attached hydrogens (tertiary/aromatic N) is 9. The molecule has 4 N–H and O–H groups in total. The molecular formula is C100H114B3Br2F5N11O12. The first-order valence-electron chi connectivity index (χ1n) is 43.1. The van der Waals surface area contributed by atoms with E-state index in [4.69, 9.17) is 32.3 Å². The quantitative estimate of drug-likeness (QED) is 0.0344. The Bertz CT molecular complexity index is 5600. The van der Waals surface area contributed by atoms with Crippen LogP contribution >= 0.6 is 31.9 Å². The number of fused-ring (bicyclic) bond motifs is 6. The van der Waals surface area contributed by atoms with Crippen LogP contribution < -0.4 is 35.7 Å². The van der Waals surface area contributed by atoms with Crippen molar-refractivity contribution >= 4 is 118 Å². The molecule has 7 aliphatic heterocycles. The van der Waals surface area contributed by atoms with Gasteiger partial charge in [0.25, 0.3) is 0 Å². The molecule has 0 unspecified atom stereocenters. The third kappa shape index (κ3) is 33.6. The van der Waals surface area contributed by atoms with Crippen molar-refractivity contribution in [2.45, 2.75) is 171 Å². The SMILES string of the molecule is Brc1ccc2c(c1)CCN2.C.C1CCOC1.CC(=O)N1CCc2cc(-c3cncc(F)c3)ccc21.CC(=O)N1CCc2cc(-c3cncc(F)c3)ccc21.CC(C)(C)OC(=O)N1CCc2cc(-c3cncc(F)c3)ccc21.CC(C)(C)OC(=O)N1CCc2cc(Br)ccc21.CC(C)(O)C(C)(C)O.C[B]OOCB=O.Fc1cncc(-c2ccc3c(c2)CCN3)c1.[B]c1cncc(F)c1. The number of carbonyl (C=O) groups excluding carboxylic acids is 4. The summed E-state index contributed by atoms with van der Waals surface area (Å²) < 4.78 is 92.2. The minimum absolute atomic E-state index is 0. The van der Waals surface area contributed by atoms with Crippen LogP contribution in [-0.2, 0) is 76.7 Å². The van der Waals surface area contributed by atoms with Gasteiger partial charge in [0.05, 0.1) is 53.6 Å². The summed E-state index contributed by atoms with van der Waals surface area (Å²) in [7, 11) is 7.12. The molecule has 33 heteroatoms. The van der Waals surface area contributed by atoms with E-state index in [2.05, 4.69) is 107 Å². The number of aromatic nitrogens is 5. The van der Waals surface area contributed by atoms with Crippen molar-refractivity contribution in [3.8, 4) is 44.5 Å². The molecule has 12 heterocycles. The molecule has 5 aromatic heterocycles. The average molecular weight is 1950 g/mol. The summed E-state index contributed by atoms with van der Waals surface area (Å²) in [5.74, 6) is -1.64. The second-order valence-corrected chi connectivity index (χ2v) is 36.0. The smallest absolute Gasteiger partial charge is 0.142 e. The molecule has 11 aromatic rings. The molecule has 0 spiro atoms. The minimum Gasteiger partial charge on any atom is -0.384 e. The molecule has 0 atom stereocenters. The molecule has 23 nitrogen and oxygen atoms in total. The Kier molecular flexibility index (Phi) is 40.7. The fourth-order valence-corrected chi connectivity index (χ4v) is 14.7. The van der Waals surface area contributed by atoms with Crippen molar-refractivity contribution in [1.29, 1.82) is 0 Å². The Morgan fingerprint density at radius 3 is 1.05 bits per heavy atom. The first-order valence-corrected chi connectivity index (χ1v) is 44.7. The van der Waals surface area contributed by atoms with E-state index < -0.39 is 28.2 Å². The van der Waals surface area contributed by atoms with E-state index in [1.807, 2.05) is 120 Å². The summed E-state index contributed by atoms with van der Waals surface area (Å²) in [4.78, 5) is 81.5. The predicted octanol–water partition coefficient (Wildman–Crippen LogP) is 20.4. The van der Waals surface area contributed by atoms with Gasteiger partial charge in [-0.2, -0.15) is 0 Å². The number of pyridine rings is 5. The molecule has 133 heavy (non-hydrogen) atoms. The Balaban J connectivity index is 0.000000187. The van der Waals surface area contributed by atoms with Crippen molar-refractivity contribution in [2.75, 3.05) is 89.2 Å². The van der Waals surface area contributed by atoms with Gasteiger partial charge in [0.2, 0.25) is 11.8 Å². The van der Waals surface area contributed by atoms with E-state index in [0.717, 1.165) is 173 Å². The van der Waals surface area contributed by atoms with Crippen LogP contribution in [0.1, 0.15) is 137 Å². The Labute approximate surface area is 795 Å². The number of anilines is 6. The van der Waals surface area contributed by atoms with Gasteiger partial charge >= 0.3 is 54.5 Å². The second kappa shape index (κ2) is 50.6. The first kappa shape index (κ1) is 107. The Morgan fingerprint density at radius 2 is 0.737 bits per heavy atom. The molecule has 0 saturated carbocycles. The van der Waals surface area contributed by atoms with Gasteiger partial charge in [0, 0.05) is 151 Å². The molecule has 1 fully saturated rings. The summed E-state index contributed by atoms with van der Waals surface area (Å²) in [5.41, 5.74) is 17.6. The molecule has 0 bridgehead atoms. The van der Waals surface area contributed by atoms with Gasteiger partial charge in [-0.3, -0.25) is 44.3 Å². The number of carbonyl (C=O) groups is 4. The number of halogens is 7. The van der Waals surface area contributed by atoms with Crippen LogP contribution in [0.3, 0.4) is 0 Å². The number of nitrogens with one attached hydrogen (secondary N) is 2. The van der Waals surface area contributed by atoms with Crippen LogP contribution in [0.5, 0.6) is 0 Å². The fourth-order valence-electron chi connectivity index (χ4n) is 13.9. The summed E-state index contributed by atoms with van der Waals surface area (Å²) >= 11 is 6.87. The Hall–Kier alpha value is -11.4. The van der Waals surface area contributed by atoms with Crippen molar-refractivity contribution in [3.05, 3.63) is 273 Å². The topological polar surface area (TPSA) is 273 Å². The number of aliphatic hydroxyl groups is 2. The zero-order valence-corrected chi connectivity index (χ0v) is 79.6. The van der Waals surface area contributed by atoms with Gasteiger partial charge in [0.1, 0.15) is 48.1 Å². The minimum atomic E-state index is -1.01. The van der Waals surface area contributed by atoms with E-state index in [1.54, 1.807) is 92.8 Å². The summed E-state index contributed by atoms with van der Waals surface area (Å²) in [5, 5.41) is 24.8. The average Bonchev–Trinajstić information content (AvgIpc) is 1.82. The second-order valence-electron chi connectivity index (χ2n) is 34.2. The molecule has 1 saturated heterocycles. The van der Waals surface area contributed by atoms with Crippen LogP contribution in [0.4, 0.5) is 65.7 Å². The molecule has 3 radical (unpaired) electrons. The van der Waals surface area contributed by atoms with E-state index in [1.165, 1.54) is 114 Å². The fraction of sp³-hybridized carbons (Fsp3) is 0.350. The van der Waals surface area contributed by atoms with Gasteiger partial charge in [-0.15, -0.1) is 0 Å². The monoisotopic (exact) mass is 1950 g/mol. The third-order valence-electron chi connectivity index (χ3n) is 20.9. The first-order chi connectivity index (χ1) is 62.6. The van der Waals surface area contributed by atoms with Crippen LogP contribution in [0.15, 0.2) is 210 Å². The number of rotatable bonds is 9. The van der Waals surface area contributed by atoms with Crippen molar-refractivity contribution in [3.63, 3.8) is 0 Å². The molecular weight excluding hydrogens is 1830 g/mol. The maximum Gasteiger partial charge on any atom is 0.142 e. The third-order valence-corrected chi connectivity index (χ3v) is 21.9. The predicted molar refractivity (Wildman–Crippen MR) is 523 cm³/mol. The number of hydrogen-bond donors (Lipinski definition) is 4. The van der Waals surface area contributed by atoms with Gasteiger partial charge in [-0.1, -0.05) is 69.0 Å². The zero-order valence-electron chi connectivity index (χ0n) is 76.5. The maximum atomic E-state index is 13.3. The molecule has 699 valence electrons. The van der Waals surface area contributed by atoms with E-state index in [-0.39, 0.29) is 61.2 Å². The molecule has 18 rings (SSSR count). The summed E-state index contributed by atoms with van der Waals surface area (Å²) in [6.45, 7) is 29.1. The summed E-state index contributed by atoms with van der Waals surface area (Å²) in [6.07, 6.45) is 21.3. The maximum absolute atomic E-state index is 13.3. The van der Waals surface area contributed by atoms with Crippen LogP contribution in [0, 0.1) is 29.1 Å². The van der Waals surface area contributed by atoms with Crippen molar-refractivity contribution in [1.82, 2.24) is 24.9 Å². The zero-order chi connectivity index (χ0) is 96.0. The number of ether oxygens (including phenoxy) is 3. The van der Waals surface area contributed by atoms with E-state index in [9.17, 15) is 45.8 Å². The van der Waals surface area contributed by atoms with Crippen molar-refractivity contribution in [2.24, 2.45) is 0 Å². The molecule has 6 aromatic carbocycles. The molecule has 7 aliphatic rings. The van der Waals surface area contributed by atoms with Gasteiger partial charge in [-0.05, 0) is 291 Å². The standard InChI is InChI=1S/C18H19FN2O2.2C15H13FN2O.C13H16BrNO2.C13H11FN2.C8H8BrN.C6H14O2.C5H3BFN.C4H8O.C2H5B2O3.CH4/c1-18(2,3)23-17(22)21-7-6-13-8-12(4-5-16(13)21)14-9-15(19)11-20-10-14;2*1-10(19)18-5-4-12-6-11(2-3-15(12)18)13-7-14(16)9-17-8-13;1-13(2,3)17-12(16)15-7-6-9-8-10(14)4-5-11(9)15;14-12-6-11(7-15-8-12)9-1-2-13-10(5-9)3-4-16-13;9-7-1-2-8-6(5-7)3-4-10-8;1-5(2,7)6(3,4)8;6-4-1-5(7)3-8-2-4;1-2-4-5-3-1;1-3-7-6-2-4-5;/h4-5,8-11H,6-7H2,1-3H3;2*2-3,6-9H,4-5H2,1H3;4-5,8H,6-7H2,1-3H3;1-2,5-8,16H,3-4H2;1-2,5,10H,3-4H2;7-8H,1-4H3;1-3H;1-4H2;2H2,1H3;1H4. The van der Waals surface area contributed by atoms with Crippen LogP contribution in [0.25, 0.3) is 44.5 Å².